The highest BCUT2D eigenvalue weighted by molar-refractivity contribution is 7.91. The molecule has 3 heterocycles. The van der Waals surface area contributed by atoms with Crippen LogP contribution >= 0.6 is 11.6 Å². The van der Waals surface area contributed by atoms with Crippen LogP contribution < -0.4 is 5.63 Å². The van der Waals surface area contributed by atoms with Crippen molar-refractivity contribution < 1.29 is 22.4 Å². The molecule has 1 unspecified atom stereocenters. The van der Waals surface area contributed by atoms with Gasteiger partial charge in [0, 0.05) is 28.7 Å². The van der Waals surface area contributed by atoms with Crippen LogP contribution in [-0.4, -0.2) is 35.7 Å². The van der Waals surface area contributed by atoms with Crippen molar-refractivity contribution in [3.05, 3.63) is 80.9 Å². The Bertz CT molecular complexity index is 1670. The molecule has 1 saturated heterocycles. The van der Waals surface area contributed by atoms with Gasteiger partial charge in [-0.25, -0.2) is 22.7 Å². The highest BCUT2D eigenvalue weighted by atomic mass is 35.5. The van der Waals surface area contributed by atoms with Gasteiger partial charge < -0.3 is 9.15 Å². The lowest BCUT2D eigenvalue weighted by Gasteiger charge is -2.09. The van der Waals surface area contributed by atoms with Crippen LogP contribution in [-0.2, 0) is 26.0 Å². The van der Waals surface area contributed by atoms with E-state index in [1.165, 1.54) is 22.9 Å². The van der Waals surface area contributed by atoms with Gasteiger partial charge in [0.2, 0.25) is 0 Å². The zero-order valence-corrected chi connectivity index (χ0v) is 20.3. The Morgan fingerprint density at radius 3 is 2.86 bits per heavy atom. The van der Waals surface area contributed by atoms with Gasteiger partial charge in [0.1, 0.15) is 17.3 Å². The Morgan fingerprint density at radius 1 is 1.29 bits per heavy atom. The Morgan fingerprint density at radius 2 is 2.09 bits per heavy atom. The first kappa shape index (κ1) is 23.3. The summed E-state index contributed by atoms with van der Waals surface area (Å²) in [4.78, 5) is 24.5. The minimum Gasteiger partial charge on any atom is -0.458 e. The molecule has 0 spiro atoms. The van der Waals surface area contributed by atoms with Gasteiger partial charge in [0.05, 0.1) is 23.2 Å². The average molecular weight is 513 g/mol. The summed E-state index contributed by atoms with van der Waals surface area (Å²) in [5, 5.41) is 7.22. The van der Waals surface area contributed by atoms with Crippen LogP contribution in [0.15, 0.2) is 57.8 Å². The number of hydrogen-bond donors (Lipinski definition) is 0. The number of rotatable bonds is 5. The van der Waals surface area contributed by atoms with Gasteiger partial charge in [-0.1, -0.05) is 41.9 Å². The van der Waals surface area contributed by atoms with Crippen LogP contribution in [0.3, 0.4) is 0 Å². The van der Waals surface area contributed by atoms with E-state index >= 15 is 0 Å². The molecule has 5 rings (SSSR count). The normalized spacial score (nSPS) is 17.5. The second-order valence-corrected chi connectivity index (χ2v) is 11.1. The fourth-order valence-corrected chi connectivity index (χ4v) is 6.48. The van der Waals surface area contributed by atoms with Crippen molar-refractivity contribution in [1.29, 1.82) is 0 Å². The predicted molar refractivity (Wildman–Crippen MR) is 133 cm³/mol. The lowest BCUT2D eigenvalue weighted by Crippen LogP contribution is -2.12. The topological polar surface area (TPSA) is 108 Å². The fraction of sp³-hybridized carbons (Fsp3) is 0.240. The Hall–Kier alpha value is -3.43. The molecule has 180 valence electrons. The number of aromatic nitrogens is 2. The van der Waals surface area contributed by atoms with E-state index in [0.717, 1.165) is 10.8 Å². The molecule has 0 saturated carbocycles. The molecule has 1 atom stereocenters. The molecule has 0 aliphatic carbocycles. The number of hydrogen-bond acceptors (Lipinski definition) is 7. The smallest absolute Gasteiger partial charge is 0.336 e. The molecule has 0 amide bonds. The number of carbonyl (C=O) groups is 1. The number of nitrogens with zero attached hydrogens (tertiary/aromatic N) is 2. The lowest BCUT2D eigenvalue weighted by atomic mass is 10.0. The molecule has 10 heteroatoms. The number of carbonyl (C=O) groups excluding carboxylic acids is 1. The fourth-order valence-electron chi connectivity index (χ4n) is 4.41. The van der Waals surface area contributed by atoms with Crippen molar-refractivity contribution in [2.45, 2.75) is 26.0 Å². The SMILES string of the molecule is Cc1nn(C2CCS(=O)(=O)C2)c(Cl)c1/C=C/C(=O)OCc1cc(=O)oc2ccc3ccccc3c12. The second-order valence-electron chi connectivity index (χ2n) is 8.48. The van der Waals surface area contributed by atoms with Gasteiger partial charge >= 0.3 is 11.6 Å². The van der Waals surface area contributed by atoms with Crippen LogP contribution in [0.2, 0.25) is 5.15 Å². The first-order chi connectivity index (χ1) is 16.7. The maximum absolute atomic E-state index is 12.5. The van der Waals surface area contributed by atoms with Gasteiger partial charge in [-0.05, 0) is 36.3 Å². The molecule has 0 bridgehead atoms. The van der Waals surface area contributed by atoms with Crippen LogP contribution in [0.25, 0.3) is 27.8 Å². The first-order valence-electron chi connectivity index (χ1n) is 11.0. The molecule has 2 aromatic heterocycles. The molecule has 0 N–H and O–H groups in total. The monoisotopic (exact) mass is 512 g/mol. The summed E-state index contributed by atoms with van der Waals surface area (Å²) in [6, 6.07) is 12.3. The van der Waals surface area contributed by atoms with Gasteiger partial charge in [0.15, 0.2) is 9.84 Å². The zero-order chi connectivity index (χ0) is 24.7. The van der Waals surface area contributed by atoms with Crippen LogP contribution in [0.1, 0.15) is 29.3 Å². The number of fused-ring (bicyclic) bond motifs is 3. The van der Waals surface area contributed by atoms with Gasteiger partial charge in [-0.2, -0.15) is 5.10 Å². The van der Waals surface area contributed by atoms with E-state index in [9.17, 15) is 18.0 Å². The predicted octanol–water partition coefficient (Wildman–Crippen LogP) is 4.22. The van der Waals surface area contributed by atoms with Gasteiger partial charge in [0.25, 0.3) is 0 Å². The maximum Gasteiger partial charge on any atom is 0.336 e. The van der Waals surface area contributed by atoms with E-state index in [0.29, 0.717) is 34.2 Å². The van der Waals surface area contributed by atoms with Gasteiger partial charge in [-0.3, -0.25) is 0 Å². The summed E-state index contributed by atoms with van der Waals surface area (Å²) in [5.74, 6) is -0.530. The molecular weight excluding hydrogens is 492 g/mol. The summed E-state index contributed by atoms with van der Waals surface area (Å²) in [7, 11) is -3.10. The highest BCUT2D eigenvalue weighted by Gasteiger charge is 2.31. The summed E-state index contributed by atoms with van der Waals surface area (Å²) >= 11 is 6.45. The standard InChI is InChI=1S/C25H21ClN2O6S/c1-15-19(25(26)28(27-15)18-10-11-35(31,32)14-18)7-9-22(29)33-13-17-12-23(30)34-21-8-6-16-4-2-3-5-20(16)24(17)21/h2-9,12,18H,10-11,13-14H2,1H3/b9-7+. The second kappa shape index (κ2) is 8.98. The molecule has 2 aromatic carbocycles. The third-order valence-electron chi connectivity index (χ3n) is 6.10. The Kier molecular flexibility index (Phi) is 5.98. The zero-order valence-electron chi connectivity index (χ0n) is 18.7. The van der Waals surface area contributed by atoms with Crippen molar-refractivity contribution in [3.63, 3.8) is 0 Å². The maximum atomic E-state index is 12.5. The molecular formula is C25H21ClN2O6S. The van der Waals surface area contributed by atoms with Crippen LogP contribution in [0.4, 0.5) is 0 Å². The molecule has 1 fully saturated rings. The van der Waals surface area contributed by atoms with E-state index < -0.39 is 21.4 Å². The third-order valence-corrected chi connectivity index (χ3v) is 8.22. The lowest BCUT2D eigenvalue weighted by molar-refractivity contribution is -0.138. The first-order valence-corrected chi connectivity index (χ1v) is 13.2. The largest absolute Gasteiger partial charge is 0.458 e. The molecule has 4 aromatic rings. The van der Waals surface area contributed by atoms with E-state index in [1.54, 1.807) is 13.0 Å². The Labute approximate surface area is 205 Å². The van der Waals surface area contributed by atoms with Crippen molar-refractivity contribution >= 4 is 55.2 Å². The number of esters is 1. The summed E-state index contributed by atoms with van der Waals surface area (Å²) in [6.07, 6.45) is 3.18. The minimum atomic E-state index is -3.10. The number of ether oxygens (including phenoxy) is 1. The average Bonchev–Trinajstić information content (AvgIpc) is 3.33. The number of halogens is 1. The Balaban J connectivity index is 1.36. The van der Waals surface area contributed by atoms with E-state index in [2.05, 4.69) is 5.10 Å². The van der Waals surface area contributed by atoms with E-state index in [-0.39, 0.29) is 29.3 Å². The quantitative estimate of drug-likeness (QED) is 0.170. The number of aryl methyl sites for hydroxylation is 1. The highest BCUT2D eigenvalue weighted by Crippen LogP contribution is 2.31. The number of sulfone groups is 1. The molecule has 1 aliphatic heterocycles. The summed E-state index contributed by atoms with van der Waals surface area (Å²) in [5.41, 5.74) is 1.52. The van der Waals surface area contributed by atoms with E-state index in [4.69, 9.17) is 20.8 Å². The van der Waals surface area contributed by atoms with Gasteiger partial charge in [-0.15, -0.1) is 0 Å². The molecule has 35 heavy (non-hydrogen) atoms. The van der Waals surface area contributed by atoms with Crippen molar-refractivity contribution in [1.82, 2.24) is 9.78 Å². The molecule has 1 aliphatic rings. The molecule has 0 radical (unpaired) electrons. The van der Waals surface area contributed by atoms with E-state index in [1.807, 2.05) is 30.3 Å². The van der Waals surface area contributed by atoms with Crippen LogP contribution in [0.5, 0.6) is 0 Å². The molecule has 8 nitrogen and oxygen atoms in total. The third kappa shape index (κ3) is 4.61. The minimum absolute atomic E-state index is 0.00720. The van der Waals surface area contributed by atoms with Crippen molar-refractivity contribution in [2.75, 3.05) is 11.5 Å². The van der Waals surface area contributed by atoms with Crippen molar-refractivity contribution in [3.8, 4) is 0 Å². The van der Waals surface area contributed by atoms with Crippen LogP contribution in [0, 0.1) is 6.92 Å². The number of benzene rings is 2. The summed E-state index contributed by atoms with van der Waals surface area (Å²) in [6.45, 7) is 1.61. The summed E-state index contributed by atoms with van der Waals surface area (Å²) < 4.78 is 35.9. The van der Waals surface area contributed by atoms with Crippen molar-refractivity contribution in [2.24, 2.45) is 0 Å².